The lowest BCUT2D eigenvalue weighted by Gasteiger charge is -2.32. The summed E-state index contributed by atoms with van der Waals surface area (Å²) in [5.41, 5.74) is -0.350. The number of thiazole rings is 1. The molecule has 1 N–H and O–H groups in total. The maximum atomic E-state index is 13.5. The van der Waals surface area contributed by atoms with E-state index in [4.69, 9.17) is 16.3 Å². The molecule has 8 heteroatoms. The summed E-state index contributed by atoms with van der Waals surface area (Å²) in [6.07, 6.45) is 3.21. The highest BCUT2D eigenvalue weighted by Gasteiger charge is 2.40. The van der Waals surface area contributed by atoms with Crippen molar-refractivity contribution in [2.45, 2.75) is 19.4 Å². The SMILES string of the molecule is CCOC(=O)C1=CNC(c2nccs2)=NC1(C)c1ccc(F)cc1Cl. The monoisotopic (exact) mass is 379 g/mol. The first-order chi connectivity index (χ1) is 12.0. The van der Waals surface area contributed by atoms with Crippen LogP contribution in [0.15, 0.2) is 46.5 Å². The fourth-order valence-electron chi connectivity index (χ4n) is 2.60. The first kappa shape index (κ1) is 17.6. The smallest absolute Gasteiger partial charge is 0.338 e. The molecule has 0 radical (unpaired) electrons. The van der Waals surface area contributed by atoms with Crippen molar-refractivity contribution < 1.29 is 13.9 Å². The molecule has 1 aromatic heterocycles. The molecule has 1 atom stereocenters. The van der Waals surface area contributed by atoms with Gasteiger partial charge in [-0.25, -0.2) is 19.2 Å². The summed E-state index contributed by atoms with van der Waals surface area (Å²) >= 11 is 7.66. The van der Waals surface area contributed by atoms with E-state index in [-0.39, 0.29) is 17.2 Å². The molecule has 1 unspecified atom stereocenters. The molecule has 0 spiro atoms. The van der Waals surface area contributed by atoms with Crippen molar-refractivity contribution in [1.29, 1.82) is 0 Å². The molecule has 3 rings (SSSR count). The van der Waals surface area contributed by atoms with Crippen molar-refractivity contribution >= 4 is 34.7 Å². The fraction of sp³-hybridized carbons (Fsp3) is 0.235. The Balaban J connectivity index is 2.14. The molecular formula is C17H15ClFN3O2S. The number of amidine groups is 1. The van der Waals surface area contributed by atoms with Gasteiger partial charge in [0.1, 0.15) is 11.4 Å². The largest absolute Gasteiger partial charge is 0.463 e. The maximum absolute atomic E-state index is 13.5. The molecule has 1 aromatic carbocycles. The molecule has 1 aliphatic heterocycles. The Morgan fingerprint density at radius 2 is 2.28 bits per heavy atom. The van der Waals surface area contributed by atoms with Gasteiger partial charge in [0.15, 0.2) is 10.8 Å². The van der Waals surface area contributed by atoms with Crippen molar-refractivity contribution in [3.63, 3.8) is 0 Å². The molecule has 0 bridgehead atoms. The molecular weight excluding hydrogens is 365 g/mol. The lowest BCUT2D eigenvalue weighted by atomic mass is 9.84. The molecule has 25 heavy (non-hydrogen) atoms. The highest BCUT2D eigenvalue weighted by molar-refractivity contribution is 7.11. The third-order valence-corrected chi connectivity index (χ3v) is 4.89. The van der Waals surface area contributed by atoms with Gasteiger partial charge in [-0.1, -0.05) is 17.7 Å². The zero-order valence-corrected chi connectivity index (χ0v) is 15.1. The summed E-state index contributed by atoms with van der Waals surface area (Å²) in [7, 11) is 0. The van der Waals surface area contributed by atoms with Gasteiger partial charge in [-0.15, -0.1) is 11.3 Å². The number of rotatable bonds is 4. The molecule has 2 aromatic rings. The molecule has 0 fully saturated rings. The number of hydrogen-bond donors (Lipinski definition) is 1. The van der Waals surface area contributed by atoms with Gasteiger partial charge in [-0.2, -0.15) is 0 Å². The van der Waals surface area contributed by atoms with Crippen LogP contribution in [-0.2, 0) is 15.1 Å². The van der Waals surface area contributed by atoms with Crippen LogP contribution in [0.2, 0.25) is 5.02 Å². The molecule has 0 aliphatic carbocycles. The second kappa shape index (κ2) is 6.93. The van der Waals surface area contributed by atoms with Crippen LogP contribution in [-0.4, -0.2) is 23.4 Å². The predicted molar refractivity (Wildman–Crippen MR) is 95.3 cm³/mol. The number of hydrogen-bond acceptors (Lipinski definition) is 6. The summed E-state index contributed by atoms with van der Waals surface area (Å²) in [5, 5.41) is 5.66. The van der Waals surface area contributed by atoms with Gasteiger partial charge >= 0.3 is 5.97 Å². The van der Waals surface area contributed by atoms with Crippen molar-refractivity contribution in [3.05, 3.63) is 63.0 Å². The number of nitrogens with zero attached hydrogens (tertiary/aromatic N) is 2. The molecule has 2 heterocycles. The van der Waals surface area contributed by atoms with Crippen LogP contribution in [0.3, 0.4) is 0 Å². The molecule has 1 aliphatic rings. The number of aliphatic imine (C=N–C) groups is 1. The summed E-state index contributed by atoms with van der Waals surface area (Å²) in [6, 6.07) is 4.01. The number of halogens is 2. The van der Waals surface area contributed by atoms with Gasteiger partial charge in [0.05, 0.1) is 12.2 Å². The number of carbonyl (C=O) groups is 1. The Labute approximate surface area is 153 Å². The number of benzene rings is 1. The zero-order chi connectivity index (χ0) is 18.0. The lowest BCUT2D eigenvalue weighted by Crippen LogP contribution is -2.38. The highest BCUT2D eigenvalue weighted by atomic mass is 35.5. The van der Waals surface area contributed by atoms with Crippen molar-refractivity contribution in [1.82, 2.24) is 10.3 Å². The van der Waals surface area contributed by atoms with E-state index >= 15 is 0 Å². The minimum atomic E-state index is -1.14. The average Bonchev–Trinajstić information content (AvgIpc) is 3.09. The summed E-state index contributed by atoms with van der Waals surface area (Å²) in [5.74, 6) is -0.470. The Bertz CT molecular complexity index is 867. The number of aromatic nitrogens is 1. The number of ether oxygens (including phenoxy) is 1. The van der Waals surface area contributed by atoms with Crippen LogP contribution in [0.5, 0.6) is 0 Å². The number of nitrogens with one attached hydrogen (secondary N) is 1. The standard InChI is InChI=1S/C17H15ClFN3O2S/c1-3-24-16(23)12-9-21-14(15-20-6-7-25-15)22-17(12,2)11-5-4-10(19)8-13(11)18/h4-9H,3H2,1-2H3,(H,21,22). The molecule has 5 nitrogen and oxygen atoms in total. The lowest BCUT2D eigenvalue weighted by molar-refractivity contribution is -0.139. The quantitative estimate of drug-likeness (QED) is 0.823. The molecule has 0 amide bonds. The minimum absolute atomic E-state index is 0.182. The van der Waals surface area contributed by atoms with Crippen LogP contribution in [0.4, 0.5) is 4.39 Å². The fourth-order valence-corrected chi connectivity index (χ4v) is 3.54. The van der Waals surface area contributed by atoms with Gasteiger partial charge in [-0.05, 0) is 26.0 Å². The van der Waals surface area contributed by atoms with E-state index in [9.17, 15) is 9.18 Å². The highest BCUT2D eigenvalue weighted by Crippen LogP contribution is 2.40. The van der Waals surface area contributed by atoms with Gasteiger partial charge in [0.25, 0.3) is 0 Å². The molecule has 130 valence electrons. The second-order valence-electron chi connectivity index (χ2n) is 5.42. The van der Waals surface area contributed by atoms with Crippen LogP contribution in [0, 0.1) is 5.82 Å². The topological polar surface area (TPSA) is 63.6 Å². The van der Waals surface area contributed by atoms with E-state index in [1.165, 1.54) is 29.5 Å². The van der Waals surface area contributed by atoms with Crippen molar-refractivity contribution in [2.24, 2.45) is 4.99 Å². The van der Waals surface area contributed by atoms with E-state index < -0.39 is 17.3 Å². The number of esters is 1. The number of carbonyl (C=O) groups excluding carboxylic acids is 1. The predicted octanol–water partition coefficient (Wildman–Crippen LogP) is 3.65. The van der Waals surface area contributed by atoms with Crippen LogP contribution in [0.1, 0.15) is 24.4 Å². The third-order valence-electron chi connectivity index (χ3n) is 3.80. The van der Waals surface area contributed by atoms with Crippen molar-refractivity contribution in [2.75, 3.05) is 6.61 Å². The molecule has 0 saturated heterocycles. The van der Waals surface area contributed by atoms with Gasteiger partial charge < -0.3 is 10.1 Å². The van der Waals surface area contributed by atoms with Gasteiger partial charge in [0.2, 0.25) is 0 Å². The summed E-state index contributed by atoms with van der Waals surface area (Å²) < 4.78 is 18.6. The average molecular weight is 380 g/mol. The Morgan fingerprint density at radius 1 is 1.48 bits per heavy atom. The normalized spacial score (nSPS) is 19.7. The Morgan fingerprint density at radius 3 is 2.92 bits per heavy atom. The second-order valence-corrected chi connectivity index (χ2v) is 6.72. The maximum Gasteiger partial charge on any atom is 0.338 e. The Hall–Kier alpha value is -2.25. The molecule has 0 saturated carbocycles. The zero-order valence-electron chi connectivity index (χ0n) is 13.5. The minimum Gasteiger partial charge on any atom is -0.463 e. The van der Waals surface area contributed by atoms with Gasteiger partial charge in [-0.3, -0.25) is 0 Å². The van der Waals surface area contributed by atoms with Crippen LogP contribution >= 0.6 is 22.9 Å². The van der Waals surface area contributed by atoms with Crippen LogP contribution in [0.25, 0.3) is 0 Å². The van der Waals surface area contributed by atoms with E-state index in [0.717, 1.165) is 0 Å². The van der Waals surface area contributed by atoms with E-state index in [1.54, 1.807) is 26.2 Å². The van der Waals surface area contributed by atoms with E-state index in [0.29, 0.717) is 16.4 Å². The third kappa shape index (κ3) is 3.29. The van der Waals surface area contributed by atoms with E-state index in [1.807, 2.05) is 5.38 Å². The first-order valence-electron chi connectivity index (χ1n) is 7.55. The summed E-state index contributed by atoms with van der Waals surface area (Å²) in [6.45, 7) is 3.69. The Kier molecular flexibility index (Phi) is 4.87. The first-order valence-corrected chi connectivity index (χ1v) is 8.81. The van der Waals surface area contributed by atoms with E-state index in [2.05, 4.69) is 15.3 Å². The van der Waals surface area contributed by atoms with Crippen molar-refractivity contribution in [3.8, 4) is 0 Å². The van der Waals surface area contributed by atoms with Crippen LogP contribution < -0.4 is 5.32 Å². The summed E-state index contributed by atoms with van der Waals surface area (Å²) in [4.78, 5) is 21.3. The van der Waals surface area contributed by atoms with Gasteiger partial charge in [0, 0.05) is 28.4 Å².